The highest BCUT2D eigenvalue weighted by Gasteiger charge is 2.14. The predicted octanol–water partition coefficient (Wildman–Crippen LogP) is 2.96. The van der Waals surface area contributed by atoms with E-state index >= 15 is 0 Å². The van der Waals surface area contributed by atoms with Crippen LogP contribution in [0.15, 0.2) is 24.3 Å². The normalized spacial score (nSPS) is 11.3. The lowest BCUT2D eigenvalue weighted by molar-refractivity contribution is -0.117. The highest BCUT2D eigenvalue weighted by molar-refractivity contribution is 5.95. The molecule has 1 rings (SSSR count). The molecule has 19 heavy (non-hydrogen) atoms. The van der Waals surface area contributed by atoms with Crippen LogP contribution in [0, 0.1) is 0 Å². The minimum atomic E-state index is -0.464. The van der Waals surface area contributed by atoms with Gasteiger partial charge in [-0.25, -0.2) is 0 Å². The van der Waals surface area contributed by atoms with Crippen molar-refractivity contribution >= 4 is 24.0 Å². The van der Waals surface area contributed by atoms with Crippen LogP contribution < -0.4 is 15.8 Å². The molecule has 0 bridgehead atoms. The van der Waals surface area contributed by atoms with Gasteiger partial charge in [0.15, 0.2) is 0 Å². The van der Waals surface area contributed by atoms with E-state index < -0.39 is 6.04 Å². The van der Waals surface area contributed by atoms with Crippen molar-refractivity contribution in [2.45, 2.75) is 39.2 Å². The molecule has 1 aromatic rings. The second-order valence-electron chi connectivity index (χ2n) is 4.23. The first kappa shape index (κ1) is 17.7. The van der Waals surface area contributed by atoms with E-state index in [9.17, 15) is 4.79 Å². The Morgan fingerprint density at radius 2 is 2.00 bits per heavy atom. The molecule has 0 heterocycles. The van der Waals surface area contributed by atoms with Gasteiger partial charge in [-0.3, -0.25) is 4.79 Å². The number of hydrogen-bond acceptors (Lipinski definition) is 3. The Bertz CT molecular complexity index is 385. The van der Waals surface area contributed by atoms with Gasteiger partial charge in [0.05, 0.1) is 18.3 Å². The van der Waals surface area contributed by atoms with Gasteiger partial charge in [-0.15, -0.1) is 12.4 Å². The van der Waals surface area contributed by atoms with E-state index in [-0.39, 0.29) is 18.3 Å². The smallest absolute Gasteiger partial charge is 0.241 e. The van der Waals surface area contributed by atoms with E-state index in [1.165, 1.54) is 0 Å². The van der Waals surface area contributed by atoms with Gasteiger partial charge in [-0.1, -0.05) is 32.4 Å². The summed E-state index contributed by atoms with van der Waals surface area (Å²) in [6, 6.07) is 6.94. The Hall–Kier alpha value is -1.26. The van der Waals surface area contributed by atoms with Crippen molar-refractivity contribution in [3.05, 3.63) is 24.3 Å². The van der Waals surface area contributed by atoms with Crippen LogP contribution >= 0.6 is 12.4 Å². The van der Waals surface area contributed by atoms with Crippen LogP contribution in [0.25, 0.3) is 0 Å². The van der Waals surface area contributed by atoms with Gasteiger partial charge in [0.2, 0.25) is 5.91 Å². The molecule has 0 aliphatic heterocycles. The van der Waals surface area contributed by atoms with E-state index in [2.05, 4.69) is 5.32 Å². The summed E-state index contributed by atoms with van der Waals surface area (Å²) in [6.07, 6.45) is 2.50. The molecule has 0 fully saturated rings. The van der Waals surface area contributed by atoms with Crippen molar-refractivity contribution in [2.75, 3.05) is 11.9 Å². The van der Waals surface area contributed by atoms with Crippen molar-refractivity contribution in [1.29, 1.82) is 0 Å². The highest BCUT2D eigenvalue weighted by Crippen LogP contribution is 2.24. The maximum absolute atomic E-state index is 11.8. The zero-order valence-corrected chi connectivity index (χ0v) is 12.3. The molecule has 1 amide bonds. The van der Waals surface area contributed by atoms with Gasteiger partial charge in [0, 0.05) is 0 Å². The number of nitrogens with one attached hydrogen (secondary N) is 1. The number of ether oxygens (including phenoxy) is 1. The zero-order valence-electron chi connectivity index (χ0n) is 11.5. The summed E-state index contributed by atoms with van der Waals surface area (Å²) >= 11 is 0. The van der Waals surface area contributed by atoms with Gasteiger partial charge in [0.25, 0.3) is 0 Å². The quantitative estimate of drug-likeness (QED) is 0.810. The number of nitrogens with two attached hydrogens (primary N) is 1. The number of hydrogen-bond donors (Lipinski definition) is 2. The minimum absolute atomic E-state index is 0. The van der Waals surface area contributed by atoms with Crippen molar-refractivity contribution < 1.29 is 9.53 Å². The van der Waals surface area contributed by atoms with Crippen LogP contribution in [0.1, 0.15) is 33.1 Å². The molecule has 1 aromatic carbocycles. The molecule has 0 saturated heterocycles. The van der Waals surface area contributed by atoms with Crippen molar-refractivity contribution in [1.82, 2.24) is 0 Å². The monoisotopic (exact) mass is 286 g/mol. The highest BCUT2D eigenvalue weighted by atomic mass is 35.5. The van der Waals surface area contributed by atoms with Crippen LogP contribution in [0.5, 0.6) is 5.75 Å². The van der Waals surface area contributed by atoms with Gasteiger partial charge in [-0.05, 0) is 25.0 Å². The molecule has 0 aliphatic carbocycles. The van der Waals surface area contributed by atoms with E-state index in [0.717, 1.165) is 12.8 Å². The summed E-state index contributed by atoms with van der Waals surface area (Å²) in [5.41, 5.74) is 6.46. The van der Waals surface area contributed by atoms with Gasteiger partial charge < -0.3 is 15.8 Å². The molecular formula is C14H23ClN2O2. The first-order chi connectivity index (χ1) is 8.69. The number of anilines is 1. The Morgan fingerprint density at radius 1 is 1.32 bits per heavy atom. The van der Waals surface area contributed by atoms with Crippen molar-refractivity contribution in [3.8, 4) is 5.75 Å². The average molecular weight is 287 g/mol. The molecule has 5 heteroatoms. The number of benzene rings is 1. The van der Waals surface area contributed by atoms with Gasteiger partial charge in [0.1, 0.15) is 5.75 Å². The summed E-state index contributed by atoms with van der Waals surface area (Å²) < 4.78 is 5.57. The lowest BCUT2D eigenvalue weighted by atomic mass is 10.1. The van der Waals surface area contributed by atoms with Crippen LogP contribution in [-0.4, -0.2) is 18.6 Å². The number of carbonyl (C=O) groups excluding carboxylic acids is 1. The SMILES string of the molecule is CCCOc1ccccc1NC(=O)C(N)CCC.Cl. The fraction of sp³-hybridized carbons (Fsp3) is 0.500. The Kier molecular flexibility index (Phi) is 9.00. The third-order valence-corrected chi connectivity index (χ3v) is 2.54. The number of para-hydroxylation sites is 2. The summed E-state index contributed by atoms with van der Waals surface area (Å²) in [6.45, 7) is 4.68. The fourth-order valence-electron chi connectivity index (χ4n) is 1.58. The van der Waals surface area contributed by atoms with E-state index in [1.807, 2.05) is 38.1 Å². The second-order valence-corrected chi connectivity index (χ2v) is 4.23. The molecule has 1 unspecified atom stereocenters. The standard InChI is InChI=1S/C14H22N2O2.ClH/c1-3-7-11(15)14(17)16-12-8-5-6-9-13(12)18-10-4-2;/h5-6,8-9,11H,3-4,7,10,15H2,1-2H3,(H,16,17);1H. The predicted molar refractivity (Wildman–Crippen MR) is 81.0 cm³/mol. The second kappa shape index (κ2) is 9.64. The Morgan fingerprint density at radius 3 is 2.63 bits per heavy atom. The zero-order chi connectivity index (χ0) is 13.4. The largest absolute Gasteiger partial charge is 0.491 e. The lowest BCUT2D eigenvalue weighted by Crippen LogP contribution is -2.35. The number of halogens is 1. The maximum atomic E-state index is 11.8. The number of amides is 1. The Balaban J connectivity index is 0.00000324. The van der Waals surface area contributed by atoms with E-state index in [0.29, 0.717) is 24.5 Å². The van der Waals surface area contributed by atoms with Crippen LogP contribution in [0.4, 0.5) is 5.69 Å². The molecule has 0 radical (unpaired) electrons. The number of rotatable bonds is 7. The molecular weight excluding hydrogens is 264 g/mol. The third kappa shape index (κ3) is 5.94. The molecule has 4 nitrogen and oxygen atoms in total. The first-order valence-electron chi connectivity index (χ1n) is 6.47. The summed E-state index contributed by atoms with van der Waals surface area (Å²) in [7, 11) is 0. The van der Waals surface area contributed by atoms with Gasteiger partial charge in [-0.2, -0.15) is 0 Å². The van der Waals surface area contributed by atoms with Crippen LogP contribution in [-0.2, 0) is 4.79 Å². The molecule has 0 aliphatic rings. The molecule has 1 atom stereocenters. The average Bonchev–Trinajstić information content (AvgIpc) is 2.38. The third-order valence-electron chi connectivity index (χ3n) is 2.54. The van der Waals surface area contributed by atoms with E-state index in [1.54, 1.807) is 0 Å². The maximum Gasteiger partial charge on any atom is 0.241 e. The lowest BCUT2D eigenvalue weighted by Gasteiger charge is -2.14. The van der Waals surface area contributed by atoms with E-state index in [4.69, 9.17) is 10.5 Å². The molecule has 0 spiro atoms. The molecule has 108 valence electrons. The molecule has 0 saturated carbocycles. The minimum Gasteiger partial charge on any atom is -0.491 e. The van der Waals surface area contributed by atoms with Crippen LogP contribution in [0.3, 0.4) is 0 Å². The van der Waals surface area contributed by atoms with Crippen molar-refractivity contribution in [3.63, 3.8) is 0 Å². The Labute approximate surface area is 121 Å². The summed E-state index contributed by atoms with van der Waals surface area (Å²) in [4.78, 5) is 11.8. The molecule has 0 aromatic heterocycles. The first-order valence-corrected chi connectivity index (χ1v) is 6.47. The van der Waals surface area contributed by atoms with Gasteiger partial charge >= 0.3 is 0 Å². The fourth-order valence-corrected chi connectivity index (χ4v) is 1.58. The van der Waals surface area contributed by atoms with Crippen LogP contribution in [0.2, 0.25) is 0 Å². The molecule has 3 N–H and O–H groups in total. The topological polar surface area (TPSA) is 64.3 Å². The van der Waals surface area contributed by atoms with Crippen molar-refractivity contribution in [2.24, 2.45) is 5.73 Å². The number of carbonyl (C=O) groups is 1. The summed E-state index contributed by atoms with van der Waals surface area (Å²) in [5, 5.41) is 2.82. The summed E-state index contributed by atoms with van der Waals surface area (Å²) in [5.74, 6) is 0.529.